The number of halogens is 4. The van der Waals surface area contributed by atoms with Crippen LogP contribution in [0.25, 0.3) is 28.9 Å². The van der Waals surface area contributed by atoms with Gasteiger partial charge in [0.05, 0.1) is 61.9 Å². The number of allylic oxidation sites excluding steroid dienone is 3. The highest BCUT2D eigenvalue weighted by atomic mass is 35.5. The van der Waals surface area contributed by atoms with Gasteiger partial charge in [0.1, 0.15) is 5.56 Å². The molecule has 0 fully saturated rings. The molecule has 53 heavy (non-hydrogen) atoms. The number of nitrogens with zero attached hydrogens (tertiary/aromatic N) is 4. The molecule has 1 aliphatic heterocycles. The Labute approximate surface area is 317 Å². The zero-order valence-corrected chi connectivity index (χ0v) is 30.4. The van der Waals surface area contributed by atoms with Gasteiger partial charge in [-0.15, -0.1) is 10.2 Å². The molecule has 0 saturated heterocycles. The van der Waals surface area contributed by atoms with Crippen LogP contribution in [0.5, 0.6) is 5.88 Å². The van der Waals surface area contributed by atoms with E-state index in [2.05, 4.69) is 20.2 Å². The number of H-pyrrole nitrogens is 2. The molecule has 0 unspecified atom stereocenters. The van der Waals surface area contributed by atoms with Gasteiger partial charge in [0.25, 0.3) is 17.0 Å². The van der Waals surface area contributed by atoms with Crippen LogP contribution in [0.3, 0.4) is 0 Å². The first-order valence-electron chi connectivity index (χ1n) is 15.5. The fourth-order valence-corrected chi connectivity index (χ4v) is 6.16. The lowest BCUT2D eigenvalue weighted by Gasteiger charge is -2.14. The normalized spacial score (nSPS) is 13.0. The minimum Gasteiger partial charge on any atom is -0.493 e. The molecule has 4 heterocycles. The van der Waals surface area contributed by atoms with Gasteiger partial charge >= 0.3 is 11.9 Å². The van der Waals surface area contributed by atoms with Crippen molar-refractivity contribution >= 4 is 93.1 Å². The molecule has 0 atom stereocenters. The number of aromatic amines is 2. The maximum atomic E-state index is 13.6. The molecule has 0 saturated carbocycles. The number of fused-ring (bicyclic) bond motifs is 2. The molecule has 0 radical (unpaired) electrons. The molecule has 0 aliphatic carbocycles. The Balaban J connectivity index is 1.43. The van der Waals surface area contributed by atoms with E-state index in [1.165, 1.54) is 66.8 Å². The first-order valence-corrected chi connectivity index (χ1v) is 17.0. The average molecular weight is 798 g/mol. The van der Waals surface area contributed by atoms with E-state index in [4.69, 9.17) is 55.9 Å². The molecule has 0 bridgehead atoms. The highest BCUT2D eigenvalue weighted by Crippen LogP contribution is 2.35. The van der Waals surface area contributed by atoms with Crippen molar-refractivity contribution in [3.8, 4) is 11.6 Å². The van der Waals surface area contributed by atoms with Crippen LogP contribution in [0.2, 0.25) is 20.1 Å². The van der Waals surface area contributed by atoms with E-state index in [1.807, 2.05) is 0 Å². The van der Waals surface area contributed by atoms with E-state index < -0.39 is 34.8 Å². The van der Waals surface area contributed by atoms with Crippen molar-refractivity contribution in [1.82, 2.24) is 19.7 Å². The monoisotopic (exact) mass is 796 g/mol. The molecule has 18 heteroatoms. The fourth-order valence-electron chi connectivity index (χ4n) is 5.43. The lowest BCUT2D eigenvalue weighted by atomic mass is 10.1. The first-order chi connectivity index (χ1) is 25.4. The number of aromatic nitrogens is 4. The summed E-state index contributed by atoms with van der Waals surface area (Å²) in [5.41, 5.74) is -2.58. The smallest absolute Gasteiger partial charge is 0.339 e. The lowest BCUT2D eigenvalue weighted by molar-refractivity contribution is 0.0515. The van der Waals surface area contributed by atoms with Crippen LogP contribution in [0, 0.1) is 0 Å². The van der Waals surface area contributed by atoms with Crippen LogP contribution < -0.4 is 26.8 Å². The van der Waals surface area contributed by atoms with Crippen LogP contribution in [-0.2, 0) is 9.47 Å². The fraction of sp³-hybridized carbons (Fsp3) is 0.114. The predicted octanol–water partition coefficient (Wildman–Crippen LogP) is 5.32. The number of aromatic hydroxyl groups is 1. The number of hydrogen-bond acceptors (Lipinski definition) is 10. The SMILES string of the molecule is CCOC(=O)c1c2c([nH]c(=O)/c1=C/C=C/C=C/c1c(C(=O)OCC)c3c(O)n(-c4cc(Cl)ccc4Cl)nc3[nH]c1=O)=NN(c1cc(Cl)ccc1Cl)C2=O. The third kappa shape index (κ3) is 6.97. The second-order valence-electron chi connectivity index (χ2n) is 10.9. The van der Waals surface area contributed by atoms with Gasteiger partial charge in [0.2, 0.25) is 5.88 Å². The molecule has 5 aromatic rings. The quantitative estimate of drug-likeness (QED) is 0.131. The average Bonchev–Trinajstić information content (AvgIpc) is 3.61. The number of amides is 1. The van der Waals surface area contributed by atoms with E-state index in [1.54, 1.807) is 13.8 Å². The van der Waals surface area contributed by atoms with Crippen LogP contribution in [0.1, 0.15) is 50.5 Å². The number of nitrogens with one attached hydrogen (secondary N) is 2. The maximum Gasteiger partial charge on any atom is 0.339 e. The van der Waals surface area contributed by atoms with E-state index in [-0.39, 0.29) is 88.7 Å². The Kier molecular flexibility index (Phi) is 10.6. The molecule has 3 N–H and O–H groups in total. The van der Waals surface area contributed by atoms with Gasteiger partial charge in [0, 0.05) is 10.0 Å². The molecule has 14 nitrogen and oxygen atoms in total. The predicted molar refractivity (Wildman–Crippen MR) is 199 cm³/mol. The van der Waals surface area contributed by atoms with Crippen molar-refractivity contribution in [3.05, 3.63) is 128 Å². The molecule has 3 aromatic heterocycles. The number of esters is 2. The summed E-state index contributed by atoms with van der Waals surface area (Å²) in [5.74, 6) is -3.17. The Morgan fingerprint density at radius 3 is 2.11 bits per heavy atom. The van der Waals surface area contributed by atoms with Gasteiger partial charge in [-0.05, 0) is 62.4 Å². The Hall–Kier alpha value is -5.67. The number of benzene rings is 2. The lowest BCUT2D eigenvalue weighted by Crippen LogP contribution is -2.41. The van der Waals surface area contributed by atoms with Crippen molar-refractivity contribution in [1.29, 1.82) is 0 Å². The number of carbonyl (C=O) groups is 3. The summed E-state index contributed by atoms with van der Waals surface area (Å²) in [4.78, 5) is 71.7. The number of ether oxygens (including phenoxy) is 2. The minimum absolute atomic E-state index is 0.0437. The number of pyridine rings is 2. The van der Waals surface area contributed by atoms with E-state index >= 15 is 0 Å². The summed E-state index contributed by atoms with van der Waals surface area (Å²) in [6.45, 7) is 3.03. The number of rotatable bonds is 9. The summed E-state index contributed by atoms with van der Waals surface area (Å²) in [7, 11) is 0. The molecule has 2 aromatic carbocycles. The highest BCUT2D eigenvalue weighted by Gasteiger charge is 2.34. The summed E-state index contributed by atoms with van der Waals surface area (Å²) in [6, 6.07) is 8.85. The molecule has 270 valence electrons. The maximum absolute atomic E-state index is 13.6. The Bertz CT molecular complexity index is 2680. The van der Waals surface area contributed by atoms with Crippen LogP contribution in [-0.4, -0.2) is 55.9 Å². The summed E-state index contributed by atoms with van der Waals surface area (Å²) in [6.07, 6.45) is 6.62. The third-order valence-corrected chi connectivity index (χ3v) is 8.79. The second kappa shape index (κ2) is 15.1. The summed E-state index contributed by atoms with van der Waals surface area (Å²) >= 11 is 24.9. The van der Waals surface area contributed by atoms with E-state index in [9.17, 15) is 29.1 Å². The zero-order chi connectivity index (χ0) is 38.1. The summed E-state index contributed by atoms with van der Waals surface area (Å²) < 4.78 is 11.4. The van der Waals surface area contributed by atoms with Gasteiger partial charge in [-0.3, -0.25) is 14.4 Å². The zero-order valence-electron chi connectivity index (χ0n) is 27.4. The molecular weight excluding hydrogens is 774 g/mol. The van der Waals surface area contributed by atoms with Gasteiger partial charge in [-0.25, -0.2) is 9.59 Å². The van der Waals surface area contributed by atoms with Crippen molar-refractivity contribution in [2.24, 2.45) is 5.10 Å². The highest BCUT2D eigenvalue weighted by molar-refractivity contribution is 6.36. The molecule has 1 aliphatic rings. The standard InChI is InChI=1S/C35H24Cl4N6O8/c1-3-52-34(50)24-18(30(46)40-28-26(24)32(48)44(42-28)22-14-16(36)10-12-20(22)38)8-6-5-7-9-19-25(35(51)53-4-2)27-29(41-31(19)47)43-45(33(27)49)23-15-17(37)11-13-21(23)39/h5-15,48H,3-4H2,1-2H3,(H,40,42,46)(H,41,43,47)/b7-5+,8-6+,19-9+. The number of anilines is 1. The topological polar surface area (TPSA) is 189 Å². The second-order valence-corrected chi connectivity index (χ2v) is 12.6. The van der Waals surface area contributed by atoms with Crippen LogP contribution in [0.15, 0.2) is 69.3 Å². The first kappa shape index (κ1) is 37.1. The summed E-state index contributed by atoms with van der Waals surface area (Å²) in [5, 5.41) is 21.1. The number of hydrogen-bond donors (Lipinski definition) is 3. The molecule has 1 amide bonds. The van der Waals surface area contributed by atoms with Crippen molar-refractivity contribution < 1.29 is 29.0 Å². The van der Waals surface area contributed by atoms with Gasteiger partial charge in [0.15, 0.2) is 11.1 Å². The Morgan fingerprint density at radius 2 is 1.45 bits per heavy atom. The molecular formula is C35H24Cl4N6O8. The number of carbonyl (C=O) groups excluding carboxylic acids is 3. The van der Waals surface area contributed by atoms with Crippen molar-refractivity contribution in [2.45, 2.75) is 13.8 Å². The van der Waals surface area contributed by atoms with E-state index in [0.717, 1.165) is 9.69 Å². The van der Waals surface area contributed by atoms with Crippen LogP contribution in [0.4, 0.5) is 5.69 Å². The largest absolute Gasteiger partial charge is 0.493 e. The van der Waals surface area contributed by atoms with E-state index in [0.29, 0.717) is 0 Å². The van der Waals surface area contributed by atoms with Gasteiger partial charge in [-0.2, -0.15) is 9.69 Å². The Morgan fingerprint density at radius 1 is 0.830 bits per heavy atom. The molecule has 0 spiro atoms. The molecule has 6 rings (SSSR count). The van der Waals surface area contributed by atoms with Crippen molar-refractivity contribution in [3.63, 3.8) is 0 Å². The van der Waals surface area contributed by atoms with Crippen molar-refractivity contribution in [2.75, 3.05) is 18.2 Å². The van der Waals surface area contributed by atoms with Crippen LogP contribution >= 0.6 is 46.4 Å². The third-order valence-electron chi connectivity index (χ3n) is 7.68. The van der Waals surface area contributed by atoms with Gasteiger partial charge in [-0.1, -0.05) is 64.6 Å². The van der Waals surface area contributed by atoms with Gasteiger partial charge < -0.3 is 24.5 Å². The minimum atomic E-state index is -0.953.